The van der Waals surface area contributed by atoms with E-state index >= 15 is 0 Å². The number of amides is 1. The van der Waals surface area contributed by atoms with Gasteiger partial charge in [-0.25, -0.2) is 4.79 Å². The number of carbonyl (C=O) groups excluding carboxylic acids is 2. The summed E-state index contributed by atoms with van der Waals surface area (Å²) in [4.78, 5) is 23.1. The van der Waals surface area contributed by atoms with Gasteiger partial charge in [0.2, 0.25) is 0 Å². The fourth-order valence-corrected chi connectivity index (χ4v) is 2.11. The standard InChI is InChI=1S/C17H16BrNO4/c18-15-8-6-14(23-15)7-9-17(21)22-12-16(20)19-11-10-13-4-2-1-3-5-13/h1-9H,10-12H2,(H,19,20). The Hall–Kier alpha value is -2.34. The maximum Gasteiger partial charge on any atom is 0.331 e. The van der Waals surface area contributed by atoms with Crippen molar-refractivity contribution >= 4 is 33.9 Å². The Labute approximate surface area is 142 Å². The summed E-state index contributed by atoms with van der Waals surface area (Å²) in [5.41, 5.74) is 1.14. The molecule has 2 aromatic rings. The van der Waals surface area contributed by atoms with Crippen LogP contribution in [0, 0.1) is 0 Å². The molecule has 1 heterocycles. The highest BCUT2D eigenvalue weighted by molar-refractivity contribution is 9.10. The second kappa shape index (κ2) is 8.95. The van der Waals surface area contributed by atoms with E-state index in [-0.39, 0.29) is 12.5 Å². The Balaban J connectivity index is 1.63. The molecule has 5 nitrogen and oxygen atoms in total. The highest BCUT2D eigenvalue weighted by Gasteiger charge is 2.05. The summed E-state index contributed by atoms with van der Waals surface area (Å²) in [5.74, 6) is -0.416. The van der Waals surface area contributed by atoms with Crippen molar-refractivity contribution in [3.8, 4) is 0 Å². The van der Waals surface area contributed by atoms with Gasteiger partial charge in [0.15, 0.2) is 11.3 Å². The molecule has 6 heteroatoms. The smallest absolute Gasteiger partial charge is 0.331 e. The van der Waals surface area contributed by atoms with Gasteiger partial charge < -0.3 is 14.5 Å². The molecule has 0 fully saturated rings. The maximum absolute atomic E-state index is 11.6. The van der Waals surface area contributed by atoms with Gasteiger partial charge in [0.05, 0.1) is 0 Å². The second-order valence-corrected chi connectivity index (χ2v) is 5.45. The van der Waals surface area contributed by atoms with Gasteiger partial charge in [0.25, 0.3) is 5.91 Å². The fourth-order valence-electron chi connectivity index (χ4n) is 1.79. The molecule has 23 heavy (non-hydrogen) atoms. The lowest BCUT2D eigenvalue weighted by Gasteiger charge is -2.05. The summed E-state index contributed by atoms with van der Waals surface area (Å²) < 4.78 is 10.6. The first-order chi connectivity index (χ1) is 11.1. The van der Waals surface area contributed by atoms with Gasteiger partial charge in [-0.2, -0.15) is 0 Å². The van der Waals surface area contributed by atoms with Gasteiger partial charge in [0, 0.05) is 12.6 Å². The van der Waals surface area contributed by atoms with Crippen molar-refractivity contribution in [3.05, 3.63) is 64.5 Å². The average molecular weight is 378 g/mol. The lowest BCUT2D eigenvalue weighted by Crippen LogP contribution is -2.30. The molecule has 0 atom stereocenters. The summed E-state index contributed by atoms with van der Waals surface area (Å²) >= 11 is 3.16. The largest absolute Gasteiger partial charge is 0.452 e. The Morgan fingerprint density at radius 3 is 2.65 bits per heavy atom. The molecule has 1 aromatic heterocycles. The van der Waals surface area contributed by atoms with Crippen LogP contribution in [0.5, 0.6) is 0 Å². The molecular weight excluding hydrogens is 362 g/mol. The third-order valence-corrected chi connectivity index (χ3v) is 3.33. The molecule has 1 N–H and O–H groups in total. The number of rotatable bonds is 7. The molecule has 0 bridgehead atoms. The number of ether oxygens (including phenoxy) is 1. The number of halogens is 1. The van der Waals surface area contributed by atoms with Crippen LogP contribution in [0.4, 0.5) is 0 Å². The van der Waals surface area contributed by atoms with E-state index in [9.17, 15) is 9.59 Å². The van der Waals surface area contributed by atoms with Gasteiger partial charge in [-0.1, -0.05) is 30.3 Å². The van der Waals surface area contributed by atoms with Crippen LogP contribution in [0.15, 0.2) is 57.6 Å². The number of carbonyl (C=O) groups is 2. The highest BCUT2D eigenvalue weighted by atomic mass is 79.9. The quantitative estimate of drug-likeness (QED) is 0.594. The third-order valence-electron chi connectivity index (χ3n) is 2.90. The van der Waals surface area contributed by atoms with Gasteiger partial charge in [0.1, 0.15) is 5.76 Å². The lowest BCUT2D eigenvalue weighted by molar-refractivity contribution is -0.143. The van der Waals surface area contributed by atoms with Crippen molar-refractivity contribution in [2.45, 2.75) is 6.42 Å². The van der Waals surface area contributed by atoms with Crippen molar-refractivity contribution in [1.29, 1.82) is 0 Å². The second-order valence-electron chi connectivity index (χ2n) is 4.67. The first-order valence-electron chi connectivity index (χ1n) is 7.04. The molecule has 2 rings (SSSR count). The van der Waals surface area contributed by atoms with Crippen LogP contribution in [0.1, 0.15) is 11.3 Å². The first kappa shape index (κ1) is 17.0. The number of benzene rings is 1. The topological polar surface area (TPSA) is 68.5 Å². The van der Waals surface area contributed by atoms with E-state index in [1.807, 2.05) is 30.3 Å². The van der Waals surface area contributed by atoms with Crippen molar-refractivity contribution < 1.29 is 18.7 Å². The molecule has 0 radical (unpaired) electrons. The van der Waals surface area contributed by atoms with Crippen LogP contribution in [-0.2, 0) is 20.7 Å². The van der Waals surface area contributed by atoms with E-state index in [1.54, 1.807) is 12.1 Å². The Morgan fingerprint density at radius 1 is 1.17 bits per heavy atom. The molecule has 1 aromatic carbocycles. The van der Waals surface area contributed by atoms with E-state index in [1.165, 1.54) is 12.2 Å². The van der Waals surface area contributed by atoms with E-state index in [4.69, 9.17) is 9.15 Å². The molecule has 0 unspecified atom stereocenters. The maximum atomic E-state index is 11.6. The SMILES string of the molecule is O=C(COC(=O)C=Cc1ccc(Br)o1)NCCc1ccccc1. The van der Waals surface area contributed by atoms with Crippen LogP contribution in [0.25, 0.3) is 6.08 Å². The summed E-state index contributed by atoms with van der Waals surface area (Å²) in [7, 11) is 0. The molecule has 0 aliphatic rings. The van der Waals surface area contributed by atoms with Crippen LogP contribution in [0.2, 0.25) is 0 Å². The predicted molar refractivity (Wildman–Crippen MR) is 89.6 cm³/mol. The van der Waals surface area contributed by atoms with Crippen molar-refractivity contribution in [2.75, 3.05) is 13.2 Å². The Morgan fingerprint density at radius 2 is 1.96 bits per heavy atom. The molecule has 0 saturated carbocycles. The minimum absolute atomic E-state index is 0.306. The van der Waals surface area contributed by atoms with E-state index in [0.29, 0.717) is 17.0 Å². The molecule has 0 aliphatic carbocycles. The van der Waals surface area contributed by atoms with Crippen molar-refractivity contribution in [1.82, 2.24) is 5.32 Å². The van der Waals surface area contributed by atoms with Crippen molar-refractivity contribution in [3.63, 3.8) is 0 Å². The normalized spacial score (nSPS) is 10.7. The fraction of sp³-hybridized carbons (Fsp3) is 0.176. The van der Waals surface area contributed by atoms with Gasteiger partial charge in [-0.15, -0.1) is 0 Å². The van der Waals surface area contributed by atoms with Crippen LogP contribution in [0.3, 0.4) is 0 Å². The van der Waals surface area contributed by atoms with E-state index in [0.717, 1.165) is 12.0 Å². The summed E-state index contributed by atoms with van der Waals surface area (Å²) in [6.45, 7) is 0.191. The third kappa shape index (κ3) is 6.52. The molecule has 1 amide bonds. The number of nitrogens with one attached hydrogen (secondary N) is 1. The molecule has 120 valence electrons. The Kier molecular flexibility index (Phi) is 6.62. The molecule has 0 spiro atoms. The summed E-state index contributed by atoms with van der Waals surface area (Å²) in [6.07, 6.45) is 3.41. The summed E-state index contributed by atoms with van der Waals surface area (Å²) in [5, 5.41) is 2.70. The number of esters is 1. The molecular formula is C17H16BrNO4. The zero-order chi connectivity index (χ0) is 16.5. The predicted octanol–water partition coefficient (Wildman–Crippen LogP) is 2.96. The van der Waals surface area contributed by atoms with Crippen LogP contribution >= 0.6 is 15.9 Å². The average Bonchev–Trinajstić information content (AvgIpc) is 2.97. The number of furan rings is 1. The highest BCUT2D eigenvalue weighted by Crippen LogP contribution is 2.14. The van der Waals surface area contributed by atoms with Crippen LogP contribution in [-0.4, -0.2) is 25.0 Å². The van der Waals surface area contributed by atoms with Crippen LogP contribution < -0.4 is 5.32 Å². The first-order valence-corrected chi connectivity index (χ1v) is 7.83. The van der Waals surface area contributed by atoms with Gasteiger partial charge in [-0.3, -0.25) is 4.79 Å². The minimum Gasteiger partial charge on any atom is -0.452 e. The minimum atomic E-state index is -0.601. The zero-order valence-corrected chi connectivity index (χ0v) is 13.9. The zero-order valence-electron chi connectivity index (χ0n) is 12.3. The van der Waals surface area contributed by atoms with E-state index < -0.39 is 5.97 Å². The monoisotopic (exact) mass is 377 g/mol. The molecule has 0 aliphatic heterocycles. The lowest BCUT2D eigenvalue weighted by atomic mass is 10.1. The molecule has 0 saturated heterocycles. The van der Waals surface area contributed by atoms with Gasteiger partial charge in [-0.05, 0) is 46.1 Å². The van der Waals surface area contributed by atoms with Crippen molar-refractivity contribution in [2.24, 2.45) is 0 Å². The number of hydrogen-bond acceptors (Lipinski definition) is 4. The van der Waals surface area contributed by atoms with E-state index in [2.05, 4.69) is 21.2 Å². The number of hydrogen-bond donors (Lipinski definition) is 1. The Bertz CT molecular complexity index is 679. The summed E-state index contributed by atoms with van der Waals surface area (Å²) in [6, 6.07) is 13.2. The van der Waals surface area contributed by atoms with Gasteiger partial charge >= 0.3 is 5.97 Å².